The topological polar surface area (TPSA) is 43.4 Å². The average molecular weight is 254 g/mol. The van der Waals surface area contributed by atoms with Gasteiger partial charge in [-0.2, -0.15) is 0 Å². The highest BCUT2D eigenvalue weighted by molar-refractivity contribution is 5.97. The monoisotopic (exact) mass is 254 g/mol. The molecule has 0 unspecified atom stereocenters. The van der Waals surface area contributed by atoms with Crippen molar-refractivity contribution in [2.45, 2.75) is 6.92 Å². The fourth-order valence-corrected chi connectivity index (χ4v) is 1.74. The SMILES string of the molecule is Cc1ccc(OCC(=O)c2ccccc2)c(C=O)c1. The van der Waals surface area contributed by atoms with Gasteiger partial charge in [-0.15, -0.1) is 0 Å². The molecule has 2 rings (SSSR count). The van der Waals surface area contributed by atoms with Crippen LogP contribution in [0.5, 0.6) is 5.75 Å². The fraction of sp³-hybridized carbons (Fsp3) is 0.125. The Morgan fingerprint density at radius 1 is 1.16 bits per heavy atom. The summed E-state index contributed by atoms with van der Waals surface area (Å²) in [7, 11) is 0. The summed E-state index contributed by atoms with van der Waals surface area (Å²) in [5, 5.41) is 0. The molecule has 3 heteroatoms. The highest BCUT2D eigenvalue weighted by Crippen LogP contribution is 2.18. The molecule has 0 radical (unpaired) electrons. The minimum atomic E-state index is -0.113. The van der Waals surface area contributed by atoms with Gasteiger partial charge in [-0.25, -0.2) is 0 Å². The van der Waals surface area contributed by atoms with Crippen LogP contribution in [-0.2, 0) is 0 Å². The molecular weight excluding hydrogens is 240 g/mol. The number of carbonyl (C=O) groups is 2. The second kappa shape index (κ2) is 5.96. The van der Waals surface area contributed by atoms with Gasteiger partial charge in [-0.1, -0.05) is 42.0 Å². The average Bonchev–Trinajstić information content (AvgIpc) is 2.46. The number of ether oxygens (including phenoxy) is 1. The number of Topliss-reactive ketones (excluding diaryl/α,β-unsaturated/α-hetero) is 1. The maximum Gasteiger partial charge on any atom is 0.200 e. The van der Waals surface area contributed by atoms with Crippen molar-refractivity contribution in [1.82, 2.24) is 0 Å². The third kappa shape index (κ3) is 3.28. The van der Waals surface area contributed by atoms with E-state index >= 15 is 0 Å². The molecule has 0 saturated carbocycles. The number of benzene rings is 2. The maximum absolute atomic E-state index is 11.9. The van der Waals surface area contributed by atoms with Crippen LogP contribution in [0.2, 0.25) is 0 Å². The van der Waals surface area contributed by atoms with E-state index < -0.39 is 0 Å². The fourth-order valence-electron chi connectivity index (χ4n) is 1.74. The number of carbonyl (C=O) groups excluding carboxylic acids is 2. The molecule has 0 spiro atoms. The highest BCUT2D eigenvalue weighted by atomic mass is 16.5. The van der Waals surface area contributed by atoms with Crippen molar-refractivity contribution in [3.05, 3.63) is 65.2 Å². The Kier molecular flexibility index (Phi) is 4.08. The van der Waals surface area contributed by atoms with Gasteiger partial charge in [0.1, 0.15) is 5.75 Å². The minimum absolute atomic E-state index is 0.0755. The van der Waals surface area contributed by atoms with E-state index in [9.17, 15) is 9.59 Å². The molecule has 0 fully saturated rings. The van der Waals surface area contributed by atoms with Crippen molar-refractivity contribution in [2.75, 3.05) is 6.61 Å². The molecular formula is C16H14O3. The first-order chi connectivity index (χ1) is 9.20. The van der Waals surface area contributed by atoms with Crippen LogP contribution in [0.1, 0.15) is 26.3 Å². The predicted molar refractivity (Wildman–Crippen MR) is 72.8 cm³/mol. The summed E-state index contributed by atoms with van der Waals surface area (Å²) in [6.07, 6.45) is 0.731. The molecule has 0 aromatic heterocycles. The summed E-state index contributed by atoms with van der Waals surface area (Å²) in [5.41, 5.74) is 2.03. The Labute approximate surface area is 111 Å². The molecule has 0 amide bonds. The zero-order valence-corrected chi connectivity index (χ0v) is 10.6. The van der Waals surface area contributed by atoms with Gasteiger partial charge in [0.25, 0.3) is 0 Å². The Balaban J connectivity index is 2.07. The predicted octanol–water partition coefficient (Wildman–Crippen LogP) is 3.07. The lowest BCUT2D eigenvalue weighted by Crippen LogP contribution is -2.12. The van der Waals surface area contributed by atoms with Crippen LogP contribution in [0, 0.1) is 6.92 Å². The summed E-state index contributed by atoms with van der Waals surface area (Å²) >= 11 is 0. The van der Waals surface area contributed by atoms with Gasteiger partial charge in [0.15, 0.2) is 18.7 Å². The van der Waals surface area contributed by atoms with Crippen molar-refractivity contribution in [3.63, 3.8) is 0 Å². The molecule has 0 bridgehead atoms. The van der Waals surface area contributed by atoms with Crippen LogP contribution in [0.4, 0.5) is 0 Å². The molecule has 0 atom stereocenters. The number of hydrogen-bond acceptors (Lipinski definition) is 3. The Morgan fingerprint density at radius 2 is 1.89 bits per heavy atom. The second-order valence-electron chi connectivity index (χ2n) is 4.24. The van der Waals surface area contributed by atoms with E-state index in [1.165, 1.54) is 0 Å². The molecule has 0 aliphatic rings. The van der Waals surface area contributed by atoms with Crippen LogP contribution in [-0.4, -0.2) is 18.7 Å². The van der Waals surface area contributed by atoms with E-state index in [-0.39, 0.29) is 12.4 Å². The van der Waals surface area contributed by atoms with Crippen molar-refractivity contribution in [3.8, 4) is 5.75 Å². The summed E-state index contributed by atoms with van der Waals surface area (Å²) in [6.45, 7) is 1.82. The molecule has 0 aliphatic carbocycles. The minimum Gasteiger partial charge on any atom is -0.485 e. The number of aryl methyl sites for hydroxylation is 1. The van der Waals surface area contributed by atoms with Gasteiger partial charge in [-0.3, -0.25) is 9.59 Å². The van der Waals surface area contributed by atoms with Crippen LogP contribution in [0.3, 0.4) is 0 Å². The van der Waals surface area contributed by atoms with Crippen molar-refractivity contribution in [1.29, 1.82) is 0 Å². The van der Waals surface area contributed by atoms with Gasteiger partial charge in [0.2, 0.25) is 0 Å². The first-order valence-corrected chi connectivity index (χ1v) is 5.97. The molecule has 2 aromatic rings. The lowest BCUT2D eigenvalue weighted by molar-refractivity contribution is 0.0918. The first-order valence-electron chi connectivity index (χ1n) is 5.97. The molecule has 2 aromatic carbocycles. The molecule has 3 nitrogen and oxygen atoms in total. The van der Waals surface area contributed by atoms with Gasteiger partial charge in [-0.05, 0) is 19.1 Å². The summed E-state index contributed by atoms with van der Waals surface area (Å²) < 4.78 is 5.42. The van der Waals surface area contributed by atoms with E-state index in [0.29, 0.717) is 16.9 Å². The molecule has 19 heavy (non-hydrogen) atoms. The standard InChI is InChI=1S/C16H14O3/c1-12-7-8-16(14(9-12)10-17)19-11-15(18)13-5-3-2-4-6-13/h2-10H,11H2,1H3. The van der Waals surface area contributed by atoms with E-state index in [0.717, 1.165) is 11.8 Å². The number of hydrogen-bond donors (Lipinski definition) is 0. The Morgan fingerprint density at radius 3 is 2.58 bits per heavy atom. The Hall–Kier alpha value is -2.42. The van der Waals surface area contributed by atoms with Crippen LogP contribution in [0.25, 0.3) is 0 Å². The zero-order valence-electron chi connectivity index (χ0n) is 10.6. The van der Waals surface area contributed by atoms with Crippen molar-refractivity contribution >= 4 is 12.1 Å². The quantitative estimate of drug-likeness (QED) is 0.608. The summed E-state index contributed by atoms with van der Waals surface area (Å²) in [5.74, 6) is 0.322. The normalized spacial score (nSPS) is 9.95. The number of aldehydes is 1. The van der Waals surface area contributed by atoms with Crippen LogP contribution < -0.4 is 4.74 Å². The van der Waals surface area contributed by atoms with Crippen molar-refractivity contribution in [2.24, 2.45) is 0 Å². The highest BCUT2D eigenvalue weighted by Gasteiger charge is 2.08. The maximum atomic E-state index is 11.9. The number of ketones is 1. The van der Waals surface area contributed by atoms with Gasteiger partial charge < -0.3 is 4.74 Å². The largest absolute Gasteiger partial charge is 0.485 e. The van der Waals surface area contributed by atoms with Gasteiger partial charge >= 0.3 is 0 Å². The Bertz CT molecular complexity index is 588. The molecule has 0 aliphatic heterocycles. The first kappa shape index (κ1) is 13.0. The molecule has 0 N–H and O–H groups in total. The summed E-state index contributed by atoms with van der Waals surface area (Å²) in [6, 6.07) is 14.2. The molecule has 0 heterocycles. The molecule has 96 valence electrons. The number of rotatable bonds is 5. The van der Waals surface area contributed by atoms with Gasteiger partial charge in [0, 0.05) is 5.56 Å². The third-order valence-corrected chi connectivity index (χ3v) is 2.75. The van der Waals surface area contributed by atoms with Crippen LogP contribution >= 0.6 is 0 Å². The third-order valence-electron chi connectivity index (χ3n) is 2.75. The van der Waals surface area contributed by atoms with Crippen molar-refractivity contribution < 1.29 is 14.3 Å². The smallest absolute Gasteiger partial charge is 0.200 e. The van der Waals surface area contributed by atoms with E-state index in [1.807, 2.05) is 19.1 Å². The van der Waals surface area contributed by atoms with Crippen LogP contribution in [0.15, 0.2) is 48.5 Å². The van der Waals surface area contributed by atoms with Gasteiger partial charge in [0.05, 0.1) is 5.56 Å². The lowest BCUT2D eigenvalue weighted by Gasteiger charge is -2.08. The lowest BCUT2D eigenvalue weighted by atomic mass is 10.1. The van der Waals surface area contributed by atoms with E-state index in [2.05, 4.69) is 0 Å². The molecule has 0 saturated heterocycles. The van der Waals surface area contributed by atoms with E-state index in [1.54, 1.807) is 36.4 Å². The van der Waals surface area contributed by atoms with E-state index in [4.69, 9.17) is 4.74 Å². The zero-order chi connectivity index (χ0) is 13.7. The summed E-state index contributed by atoms with van der Waals surface area (Å²) in [4.78, 5) is 22.8. The second-order valence-corrected chi connectivity index (χ2v) is 4.24.